The van der Waals surface area contributed by atoms with Gasteiger partial charge in [-0.15, -0.1) is 0 Å². The summed E-state index contributed by atoms with van der Waals surface area (Å²) in [6, 6.07) is 14.3. The molecule has 3 unspecified atom stereocenters. The lowest BCUT2D eigenvalue weighted by atomic mass is 9.90. The maximum atomic E-state index is 6.02. The topological polar surface area (TPSA) is 70.6 Å². The Hall–Kier alpha value is -4.68. The first-order valence-electron chi connectivity index (χ1n) is 12.8. The van der Waals surface area contributed by atoms with Gasteiger partial charge in [0.05, 0.1) is 12.0 Å². The molecular weight excluding hydrogens is 482 g/mol. The normalized spacial score (nSPS) is 22.4. The van der Waals surface area contributed by atoms with Crippen LogP contribution >= 0.6 is 0 Å². The molecule has 4 rings (SSSR count). The van der Waals surface area contributed by atoms with E-state index in [0.717, 1.165) is 28.1 Å². The van der Waals surface area contributed by atoms with Crippen molar-refractivity contribution in [2.24, 2.45) is 4.99 Å². The Labute approximate surface area is 232 Å². The van der Waals surface area contributed by atoms with Gasteiger partial charge < -0.3 is 15.4 Å². The van der Waals surface area contributed by atoms with Crippen molar-refractivity contribution in [1.82, 2.24) is 20.9 Å². The molecule has 0 amide bonds. The van der Waals surface area contributed by atoms with E-state index in [1.807, 2.05) is 74.7 Å². The Kier molecular flexibility index (Phi) is 10.6. The van der Waals surface area contributed by atoms with E-state index in [9.17, 15) is 0 Å². The van der Waals surface area contributed by atoms with Crippen molar-refractivity contribution >= 4 is 6.34 Å². The standard InChI is InChI=1S/C29H31N5O.C4H6/c1-5-12-21(13-6-2)27-31-20-32-29(34-27,22-15-10-9-11-16-22)23-17-18-25(30-19-23)28-33-24(14-7-3)26(8-4)35-28;1-3-4-2/h5-20,27-28,33-34H,1,4H2,2-3H3,(H,31,32);3-4H,1-2H2/b13-6-,14-7-,21-12+;. The molecule has 0 saturated heterocycles. The van der Waals surface area contributed by atoms with E-state index in [0.29, 0.717) is 5.76 Å². The van der Waals surface area contributed by atoms with Crippen LogP contribution in [0.3, 0.4) is 0 Å². The molecule has 1 aromatic heterocycles. The fourth-order valence-corrected chi connectivity index (χ4v) is 4.22. The highest BCUT2D eigenvalue weighted by molar-refractivity contribution is 5.62. The lowest BCUT2D eigenvalue weighted by Gasteiger charge is -2.41. The van der Waals surface area contributed by atoms with Crippen LogP contribution in [0, 0.1) is 0 Å². The summed E-state index contributed by atoms with van der Waals surface area (Å²) in [5.74, 6) is 0.708. The highest BCUT2D eigenvalue weighted by atomic mass is 16.5. The summed E-state index contributed by atoms with van der Waals surface area (Å²) in [6.45, 7) is 18.4. The quantitative estimate of drug-likeness (QED) is 0.331. The molecule has 0 fully saturated rings. The zero-order chi connectivity index (χ0) is 28.1. The van der Waals surface area contributed by atoms with Gasteiger partial charge in [-0.3, -0.25) is 15.3 Å². The summed E-state index contributed by atoms with van der Waals surface area (Å²) >= 11 is 0. The zero-order valence-electron chi connectivity index (χ0n) is 22.7. The number of rotatable bonds is 9. The van der Waals surface area contributed by atoms with E-state index >= 15 is 0 Å². The van der Waals surface area contributed by atoms with Gasteiger partial charge in [0.1, 0.15) is 23.3 Å². The van der Waals surface area contributed by atoms with E-state index in [1.54, 1.807) is 30.6 Å². The van der Waals surface area contributed by atoms with Gasteiger partial charge in [-0.05, 0) is 43.2 Å². The summed E-state index contributed by atoms with van der Waals surface area (Å²) in [5, 5.41) is 10.5. The van der Waals surface area contributed by atoms with Crippen LogP contribution in [0.4, 0.5) is 0 Å². The molecule has 0 aliphatic carbocycles. The van der Waals surface area contributed by atoms with Gasteiger partial charge in [-0.2, -0.15) is 0 Å². The lowest BCUT2D eigenvalue weighted by Crippen LogP contribution is -2.60. The predicted molar refractivity (Wildman–Crippen MR) is 162 cm³/mol. The molecule has 2 aromatic rings. The average molecular weight is 520 g/mol. The van der Waals surface area contributed by atoms with E-state index in [-0.39, 0.29) is 12.4 Å². The largest absolute Gasteiger partial charge is 0.463 e. The SMILES string of the molecule is C=C/C=C(\C=C/C)C1N=CNC(c2ccccc2)(c2ccc(C3NC(/C=C\C)=C(C=C)O3)nc2)N1.C=CC=C. The van der Waals surface area contributed by atoms with Crippen molar-refractivity contribution in [2.75, 3.05) is 0 Å². The molecule has 6 heteroatoms. The van der Waals surface area contributed by atoms with Gasteiger partial charge in [0.2, 0.25) is 6.23 Å². The van der Waals surface area contributed by atoms with Gasteiger partial charge in [0.25, 0.3) is 0 Å². The third-order valence-corrected chi connectivity index (χ3v) is 6.02. The fraction of sp³-hybridized carbons (Fsp3) is 0.152. The minimum absolute atomic E-state index is 0.270. The van der Waals surface area contributed by atoms with Crippen LogP contribution in [-0.4, -0.2) is 17.5 Å². The highest BCUT2D eigenvalue weighted by Gasteiger charge is 2.39. The van der Waals surface area contributed by atoms with Crippen molar-refractivity contribution in [2.45, 2.75) is 31.9 Å². The Morgan fingerprint density at radius 2 is 1.72 bits per heavy atom. The number of benzene rings is 1. The minimum atomic E-state index is -0.731. The van der Waals surface area contributed by atoms with Gasteiger partial charge in [0.15, 0.2) is 0 Å². The van der Waals surface area contributed by atoms with Crippen LogP contribution in [0.25, 0.3) is 0 Å². The zero-order valence-corrected chi connectivity index (χ0v) is 22.7. The number of ether oxygens (including phenoxy) is 1. The molecule has 1 aromatic carbocycles. The van der Waals surface area contributed by atoms with Crippen molar-refractivity contribution < 1.29 is 4.74 Å². The van der Waals surface area contributed by atoms with Crippen LogP contribution < -0.4 is 16.0 Å². The summed E-state index contributed by atoms with van der Waals surface area (Å²) in [5.41, 5.74) is 3.94. The van der Waals surface area contributed by atoms with E-state index in [2.05, 4.69) is 65.5 Å². The number of pyridine rings is 1. The Morgan fingerprint density at radius 1 is 0.949 bits per heavy atom. The Morgan fingerprint density at radius 3 is 2.31 bits per heavy atom. The van der Waals surface area contributed by atoms with Crippen LogP contribution in [0.5, 0.6) is 0 Å². The number of allylic oxidation sites excluding steroid dienone is 8. The van der Waals surface area contributed by atoms with Gasteiger partial charge in [-0.25, -0.2) is 0 Å². The summed E-state index contributed by atoms with van der Waals surface area (Å²) < 4.78 is 6.02. The van der Waals surface area contributed by atoms with Crippen LogP contribution in [0.1, 0.15) is 36.9 Å². The number of aromatic nitrogens is 1. The first-order chi connectivity index (χ1) is 19.1. The third kappa shape index (κ3) is 6.80. The van der Waals surface area contributed by atoms with Crippen molar-refractivity contribution in [3.05, 3.63) is 164 Å². The molecule has 6 nitrogen and oxygen atoms in total. The average Bonchev–Trinajstić information content (AvgIpc) is 3.41. The second kappa shape index (κ2) is 14.3. The molecule has 3 N–H and O–H groups in total. The van der Waals surface area contributed by atoms with Crippen molar-refractivity contribution in [1.29, 1.82) is 0 Å². The molecule has 0 radical (unpaired) electrons. The number of hydrogen-bond donors (Lipinski definition) is 3. The highest BCUT2D eigenvalue weighted by Crippen LogP contribution is 2.32. The van der Waals surface area contributed by atoms with Gasteiger partial charge >= 0.3 is 0 Å². The second-order valence-electron chi connectivity index (χ2n) is 8.56. The van der Waals surface area contributed by atoms with E-state index < -0.39 is 5.66 Å². The number of nitrogens with zero attached hydrogens (tertiary/aromatic N) is 2. The van der Waals surface area contributed by atoms with Gasteiger partial charge in [-0.1, -0.05) is 105 Å². The minimum Gasteiger partial charge on any atom is -0.463 e. The fourth-order valence-electron chi connectivity index (χ4n) is 4.22. The molecule has 2 aliphatic rings. The van der Waals surface area contributed by atoms with Crippen LogP contribution in [0.15, 0.2) is 152 Å². The molecule has 2 aliphatic heterocycles. The monoisotopic (exact) mass is 519 g/mol. The van der Waals surface area contributed by atoms with Crippen LogP contribution in [0.2, 0.25) is 0 Å². The molecule has 3 heterocycles. The van der Waals surface area contributed by atoms with E-state index in [4.69, 9.17) is 9.72 Å². The van der Waals surface area contributed by atoms with Gasteiger partial charge in [0, 0.05) is 11.8 Å². The number of nitrogens with one attached hydrogen (secondary N) is 3. The van der Waals surface area contributed by atoms with E-state index in [1.165, 1.54) is 0 Å². The summed E-state index contributed by atoms with van der Waals surface area (Å²) in [4.78, 5) is 9.42. The van der Waals surface area contributed by atoms with Crippen molar-refractivity contribution in [3.63, 3.8) is 0 Å². The molecular formula is C33H37N5O. The smallest absolute Gasteiger partial charge is 0.213 e. The number of aliphatic imine (C=N–C) groups is 1. The maximum absolute atomic E-state index is 6.02. The molecule has 3 atom stereocenters. The summed E-state index contributed by atoms with van der Waals surface area (Å²) in [7, 11) is 0. The first-order valence-corrected chi connectivity index (χ1v) is 12.8. The third-order valence-electron chi connectivity index (χ3n) is 6.02. The molecule has 0 spiro atoms. The Balaban J connectivity index is 0.000000983. The van der Waals surface area contributed by atoms with Crippen molar-refractivity contribution in [3.8, 4) is 0 Å². The molecule has 0 saturated carbocycles. The summed E-state index contributed by atoms with van der Waals surface area (Å²) in [6.07, 6.45) is 19.7. The molecule has 200 valence electrons. The number of hydrogen-bond acceptors (Lipinski definition) is 6. The van der Waals surface area contributed by atoms with Crippen LogP contribution in [-0.2, 0) is 10.4 Å². The Bertz CT molecular complexity index is 1300. The second-order valence-corrected chi connectivity index (χ2v) is 8.56. The molecule has 39 heavy (non-hydrogen) atoms. The lowest BCUT2D eigenvalue weighted by molar-refractivity contribution is 0.133. The predicted octanol–water partition coefficient (Wildman–Crippen LogP) is 6.47. The molecule has 0 bridgehead atoms. The maximum Gasteiger partial charge on any atom is 0.213 e. The first kappa shape index (κ1) is 28.9.